The average Bonchev–Trinajstić information content (AvgIpc) is 4.10. The molecule has 0 aromatic rings. The summed E-state index contributed by atoms with van der Waals surface area (Å²) in [4.78, 5) is 9.07. The molecule has 5 aliphatic heterocycles. The highest BCUT2D eigenvalue weighted by Gasteiger charge is 2.59. The van der Waals surface area contributed by atoms with E-state index in [1.54, 1.807) is 0 Å². The largest absolute Gasteiger partial charge is 0.494 e. The number of nitrogens with zero attached hydrogens (tertiary/aromatic N) is 3. The number of likely N-dealkylation sites (N-methyl/N-ethyl adjacent to an activating group) is 1. The second-order valence-electron chi connectivity index (χ2n) is 24.5. The van der Waals surface area contributed by atoms with E-state index in [1.165, 1.54) is 164 Å². The Bertz CT molecular complexity index is 2200. The Balaban J connectivity index is 0.744. The first-order valence-electron chi connectivity index (χ1n) is 28.2. The predicted molar refractivity (Wildman–Crippen MR) is 263 cm³/mol. The van der Waals surface area contributed by atoms with Crippen LogP contribution < -0.4 is 10.6 Å². The Morgan fingerprint density at radius 1 is 0.758 bits per heavy atom. The lowest BCUT2D eigenvalue weighted by molar-refractivity contribution is -0.0113. The zero-order valence-corrected chi connectivity index (χ0v) is 40.6. The van der Waals surface area contributed by atoms with E-state index in [-0.39, 0.29) is 18.4 Å². The fourth-order valence-electron chi connectivity index (χ4n) is 18.4. The molecule has 0 radical (unpaired) electrons. The second kappa shape index (κ2) is 16.6. The smallest absolute Gasteiger partial charge is 0.128 e. The molecule has 14 rings (SSSR count). The molecule has 14 unspecified atom stereocenters. The first kappa shape index (κ1) is 41.9. The van der Waals surface area contributed by atoms with E-state index in [9.17, 15) is 0 Å². The Morgan fingerprint density at radius 2 is 1.65 bits per heavy atom. The van der Waals surface area contributed by atoms with Gasteiger partial charge in [-0.1, -0.05) is 62.6 Å². The molecule has 14 aliphatic rings. The van der Waals surface area contributed by atoms with E-state index in [4.69, 9.17) is 9.47 Å². The number of fused-ring (bicyclic) bond motifs is 11. The molecule has 0 aromatic carbocycles. The Kier molecular flexibility index (Phi) is 10.5. The van der Waals surface area contributed by atoms with Gasteiger partial charge in [-0.25, -0.2) is 0 Å². The highest BCUT2D eigenvalue weighted by Crippen LogP contribution is 2.61. The van der Waals surface area contributed by atoms with Crippen LogP contribution in [0.5, 0.6) is 0 Å². The maximum absolute atomic E-state index is 6.95. The Hall–Kier alpha value is -3.00. The van der Waals surface area contributed by atoms with Gasteiger partial charge < -0.3 is 19.3 Å². The molecule has 3 saturated heterocycles. The summed E-state index contributed by atoms with van der Waals surface area (Å²) >= 11 is 0. The zero-order chi connectivity index (χ0) is 43.7. The van der Waals surface area contributed by atoms with Gasteiger partial charge >= 0.3 is 0 Å². The fourth-order valence-corrected chi connectivity index (χ4v) is 18.4. The molecule has 5 heterocycles. The first-order valence-corrected chi connectivity index (χ1v) is 28.2. The van der Waals surface area contributed by atoms with Gasteiger partial charge in [0.25, 0.3) is 0 Å². The third kappa shape index (κ3) is 6.56. The third-order valence-electron chi connectivity index (χ3n) is 21.4. The molecule has 354 valence electrons. The molecule has 7 heteroatoms. The van der Waals surface area contributed by atoms with Crippen LogP contribution in [-0.4, -0.2) is 76.6 Å². The number of hydrogen-bond acceptors (Lipinski definition) is 7. The third-order valence-corrected chi connectivity index (χ3v) is 21.4. The summed E-state index contributed by atoms with van der Waals surface area (Å²) in [7, 11) is 2.44. The van der Waals surface area contributed by atoms with Crippen molar-refractivity contribution in [3.8, 4) is 0 Å². The highest BCUT2D eigenvalue weighted by molar-refractivity contribution is 5.51. The molecule has 3 saturated carbocycles. The van der Waals surface area contributed by atoms with Gasteiger partial charge in [0.15, 0.2) is 0 Å². The zero-order valence-electron chi connectivity index (χ0n) is 40.6. The van der Waals surface area contributed by atoms with Crippen molar-refractivity contribution in [2.75, 3.05) is 7.05 Å². The van der Waals surface area contributed by atoms with Crippen LogP contribution in [0.25, 0.3) is 0 Å². The van der Waals surface area contributed by atoms with Crippen molar-refractivity contribution in [1.82, 2.24) is 25.3 Å². The minimum Gasteiger partial charge on any atom is -0.494 e. The van der Waals surface area contributed by atoms with E-state index in [0.29, 0.717) is 47.5 Å². The van der Waals surface area contributed by atoms with Crippen LogP contribution >= 0.6 is 0 Å². The summed E-state index contributed by atoms with van der Waals surface area (Å²) in [5, 5.41) is 8.71. The van der Waals surface area contributed by atoms with Crippen LogP contribution in [0.15, 0.2) is 93.8 Å². The van der Waals surface area contributed by atoms with Crippen LogP contribution in [0, 0.1) is 40.9 Å². The number of rotatable bonds is 5. The van der Waals surface area contributed by atoms with Crippen LogP contribution in [0.3, 0.4) is 0 Å². The summed E-state index contributed by atoms with van der Waals surface area (Å²) in [5.74, 6) is 6.48. The molecular weight excluding hydrogens is 811 g/mol. The van der Waals surface area contributed by atoms with E-state index in [0.717, 1.165) is 54.9 Å². The molecule has 0 spiro atoms. The van der Waals surface area contributed by atoms with Gasteiger partial charge in [0.1, 0.15) is 18.0 Å². The van der Waals surface area contributed by atoms with Gasteiger partial charge in [-0.2, -0.15) is 0 Å². The van der Waals surface area contributed by atoms with Crippen molar-refractivity contribution in [1.29, 1.82) is 0 Å². The molecule has 0 amide bonds. The molecule has 6 fully saturated rings. The van der Waals surface area contributed by atoms with Gasteiger partial charge in [0.05, 0.1) is 24.3 Å². The monoisotopic (exact) mass is 892 g/mol. The summed E-state index contributed by atoms with van der Waals surface area (Å²) in [6.45, 7) is 2.56. The van der Waals surface area contributed by atoms with Gasteiger partial charge in [0, 0.05) is 76.6 Å². The molecule has 9 aliphatic carbocycles. The lowest BCUT2D eigenvalue weighted by Crippen LogP contribution is -2.71. The predicted octanol–water partition coefficient (Wildman–Crippen LogP) is 11.8. The number of allylic oxidation sites excluding steroid dienone is 8. The highest BCUT2D eigenvalue weighted by atomic mass is 16.5. The number of hydrogen-bond donors (Lipinski definition) is 2. The van der Waals surface area contributed by atoms with Crippen molar-refractivity contribution >= 4 is 0 Å². The number of nitrogens with one attached hydrogen (secondary N) is 2. The van der Waals surface area contributed by atoms with Crippen molar-refractivity contribution in [2.24, 2.45) is 40.9 Å². The summed E-state index contributed by atoms with van der Waals surface area (Å²) in [6, 6.07) is 2.89. The standard InChI is InChI=1S/C59H81N5O2/c1-59-33-13-12-22-53(59)66-52-34-37(26-31-46(52)59)56-60-57(62(2)58(61-56)38-25-29-43-42-17-8-11-21-50(42)65-51(43)35-38)36-23-27-40(28-24-36)64-47-19-9-6-16-41(47)44-30-32-49-54(55(44)64)45-18-7-10-20-48(45)63(49)39-14-4-3-5-15-39/h3-4,11,21,25,29,32,34,36-37,39-40,44-46,48,51,53-58,60-61H,5-10,12-20,22-24,26-28,30-31,33,35H2,1-2H3. The maximum Gasteiger partial charge on any atom is 0.128 e. The van der Waals surface area contributed by atoms with Crippen molar-refractivity contribution in [2.45, 2.75) is 222 Å². The van der Waals surface area contributed by atoms with Crippen molar-refractivity contribution < 1.29 is 9.47 Å². The van der Waals surface area contributed by atoms with Crippen LogP contribution in [0.2, 0.25) is 0 Å². The minimum absolute atomic E-state index is 0.150. The van der Waals surface area contributed by atoms with Gasteiger partial charge in [-0.3, -0.25) is 15.5 Å². The Labute approximate surface area is 397 Å². The van der Waals surface area contributed by atoms with Gasteiger partial charge in [-0.15, -0.1) is 0 Å². The van der Waals surface area contributed by atoms with E-state index >= 15 is 0 Å². The molecule has 0 bridgehead atoms. The molecule has 7 nitrogen and oxygen atoms in total. The summed E-state index contributed by atoms with van der Waals surface area (Å²) in [6.07, 6.45) is 54.0. The SMILES string of the molecule is CN1C(C2=CC=C3C4=C(C=CCC4)OC3C2)NC(C2C=C3OC4CCCCC4(C)C3CC2)NC1C1CCC(N2C3=C(CCCC3)C3CC=C4C(C5CCCCC5N4C4CC=CCC4)C32)CC1. The first-order chi connectivity index (χ1) is 32.5. The molecule has 66 heavy (non-hydrogen) atoms. The summed E-state index contributed by atoms with van der Waals surface area (Å²) in [5.41, 5.74) is 10.3. The van der Waals surface area contributed by atoms with E-state index in [1.807, 2.05) is 17.0 Å². The van der Waals surface area contributed by atoms with Crippen molar-refractivity contribution in [3.63, 3.8) is 0 Å². The van der Waals surface area contributed by atoms with Crippen molar-refractivity contribution in [3.05, 3.63) is 93.8 Å². The second-order valence-corrected chi connectivity index (χ2v) is 24.5. The van der Waals surface area contributed by atoms with Gasteiger partial charge in [0.2, 0.25) is 0 Å². The molecular formula is C59H81N5O2. The molecule has 14 atom stereocenters. The Morgan fingerprint density at radius 3 is 2.56 bits per heavy atom. The van der Waals surface area contributed by atoms with Crippen LogP contribution in [0.4, 0.5) is 0 Å². The molecule has 0 aromatic heterocycles. The fraction of sp³-hybridized carbons (Fsp3) is 0.729. The maximum atomic E-state index is 6.95. The average molecular weight is 892 g/mol. The normalized spacial score (nSPS) is 46.1. The summed E-state index contributed by atoms with van der Waals surface area (Å²) < 4.78 is 13.7. The quantitative estimate of drug-likeness (QED) is 0.267. The molecule has 2 N–H and O–H groups in total. The lowest BCUT2D eigenvalue weighted by atomic mass is 9.63. The minimum atomic E-state index is 0.150. The van der Waals surface area contributed by atoms with E-state index in [2.05, 4.69) is 87.9 Å². The van der Waals surface area contributed by atoms with Crippen LogP contribution in [-0.2, 0) is 9.47 Å². The lowest BCUT2D eigenvalue weighted by Gasteiger charge is -2.53. The van der Waals surface area contributed by atoms with Crippen LogP contribution in [0.1, 0.15) is 167 Å². The van der Waals surface area contributed by atoms with Gasteiger partial charge in [-0.05, 0) is 183 Å². The number of ether oxygens (including phenoxy) is 2. The number of likely N-dealkylation sites (tertiary alicyclic amines) is 1. The topological polar surface area (TPSA) is 52.2 Å². The van der Waals surface area contributed by atoms with E-state index < -0.39 is 0 Å².